The number of hydrogen-bond acceptors (Lipinski definition) is 6. The third kappa shape index (κ3) is 2.94. The molecular formula is C15H14N4O3. The molecule has 1 amide bonds. The molecule has 0 spiro atoms. The predicted octanol–water partition coefficient (Wildman–Crippen LogP) is 1.08. The Bertz CT molecular complexity index is 795. The minimum atomic E-state index is -0.291. The van der Waals surface area contributed by atoms with Crippen molar-refractivity contribution in [1.82, 2.24) is 20.4 Å². The Balaban J connectivity index is 1.66. The van der Waals surface area contributed by atoms with Gasteiger partial charge in [0.25, 0.3) is 11.8 Å². The van der Waals surface area contributed by atoms with Crippen LogP contribution < -0.4 is 5.32 Å². The number of amides is 1. The molecule has 0 radical (unpaired) electrons. The molecule has 0 aliphatic rings. The van der Waals surface area contributed by atoms with Gasteiger partial charge >= 0.3 is 0 Å². The summed E-state index contributed by atoms with van der Waals surface area (Å²) in [5.74, 6) is 0.412. The number of pyridine rings is 1. The minimum Gasteiger partial charge on any atom is -0.387 e. The molecule has 1 aromatic carbocycles. The molecule has 0 aliphatic heterocycles. The summed E-state index contributed by atoms with van der Waals surface area (Å²) < 4.78 is 4.78. The van der Waals surface area contributed by atoms with E-state index >= 15 is 0 Å². The number of rotatable bonds is 5. The van der Waals surface area contributed by atoms with Crippen molar-refractivity contribution < 1.29 is 14.4 Å². The number of carbonyl (C=O) groups is 1. The number of nitrogens with zero attached hydrogens (tertiary/aromatic N) is 3. The van der Waals surface area contributed by atoms with Gasteiger partial charge in [-0.15, -0.1) is 0 Å². The number of fused-ring (bicyclic) bond motifs is 1. The number of aliphatic hydroxyl groups is 1. The summed E-state index contributed by atoms with van der Waals surface area (Å²) >= 11 is 0. The number of benzene rings is 1. The van der Waals surface area contributed by atoms with Gasteiger partial charge in [0.1, 0.15) is 6.61 Å². The molecule has 7 nitrogen and oxygen atoms in total. The summed E-state index contributed by atoms with van der Waals surface area (Å²) in [4.78, 5) is 20.5. The Morgan fingerprint density at radius 3 is 2.95 bits per heavy atom. The van der Waals surface area contributed by atoms with E-state index in [9.17, 15) is 4.79 Å². The van der Waals surface area contributed by atoms with Gasteiger partial charge in [-0.05, 0) is 12.1 Å². The monoisotopic (exact) mass is 298 g/mol. The van der Waals surface area contributed by atoms with E-state index in [2.05, 4.69) is 20.4 Å². The van der Waals surface area contributed by atoms with E-state index in [1.54, 1.807) is 12.3 Å². The highest BCUT2D eigenvalue weighted by molar-refractivity contribution is 6.05. The molecule has 112 valence electrons. The van der Waals surface area contributed by atoms with Crippen LogP contribution in [-0.4, -0.2) is 32.7 Å². The number of hydrogen-bond donors (Lipinski definition) is 2. The van der Waals surface area contributed by atoms with Gasteiger partial charge in [-0.3, -0.25) is 9.78 Å². The van der Waals surface area contributed by atoms with Gasteiger partial charge in [0.05, 0.1) is 11.1 Å². The van der Waals surface area contributed by atoms with Gasteiger partial charge < -0.3 is 14.9 Å². The fourth-order valence-electron chi connectivity index (χ4n) is 2.13. The quantitative estimate of drug-likeness (QED) is 0.731. The van der Waals surface area contributed by atoms with Gasteiger partial charge in [0, 0.05) is 24.5 Å². The number of para-hydroxylation sites is 1. The maximum absolute atomic E-state index is 12.3. The van der Waals surface area contributed by atoms with E-state index in [-0.39, 0.29) is 18.4 Å². The summed E-state index contributed by atoms with van der Waals surface area (Å²) in [7, 11) is 0. The average Bonchev–Trinajstić information content (AvgIpc) is 3.02. The maximum Gasteiger partial charge on any atom is 0.253 e. The van der Waals surface area contributed by atoms with Crippen molar-refractivity contribution in [2.24, 2.45) is 0 Å². The van der Waals surface area contributed by atoms with Gasteiger partial charge in [0.15, 0.2) is 5.82 Å². The van der Waals surface area contributed by atoms with Crippen molar-refractivity contribution in [3.8, 4) is 0 Å². The lowest BCUT2D eigenvalue weighted by Crippen LogP contribution is -2.26. The van der Waals surface area contributed by atoms with Gasteiger partial charge in [0.2, 0.25) is 0 Å². The van der Waals surface area contributed by atoms with Crippen LogP contribution in [0.4, 0.5) is 0 Å². The molecule has 0 bridgehead atoms. The Kier molecular flexibility index (Phi) is 4.06. The van der Waals surface area contributed by atoms with E-state index < -0.39 is 0 Å². The Labute approximate surface area is 126 Å². The fourth-order valence-corrected chi connectivity index (χ4v) is 2.13. The summed E-state index contributed by atoms with van der Waals surface area (Å²) in [6.07, 6.45) is 2.09. The molecule has 7 heteroatoms. The molecule has 0 aliphatic carbocycles. The molecule has 2 aromatic heterocycles. The van der Waals surface area contributed by atoms with Crippen LogP contribution in [-0.2, 0) is 13.0 Å². The highest BCUT2D eigenvalue weighted by Crippen LogP contribution is 2.15. The molecule has 22 heavy (non-hydrogen) atoms. The fraction of sp³-hybridized carbons (Fsp3) is 0.200. The second-order valence-electron chi connectivity index (χ2n) is 4.65. The van der Waals surface area contributed by atoms with Crippen LogP contribution in [0.3, 0.4) is 0 Å². The number of carbonyl (C=O) groups excluding carboxylic acids is 1. The topological polar surface area (TPSA) is 101 Å². The van der Waals surface area contributed by atoms with Crippen LogP contribution in [0.5, 0.6) is 0 Å². The first kappa shape index (κ1) is 14.2. The number of aliphatic hydroxyl groups excluding tert-OH is 1. The molecule has 0 unspecified atom stereocenters. The Morgan fingerprint density at radius 2 is 2.14 bits per heavy atom. The molecule has 0 saturated carbocycles. The number of nitrogens with one attached hydrogen (secondary N) is 1. The van der Waals surface area contributed by atoms with Gasteiger partial charge in [-0.25, -0.2) is 0 Å². The van der Waals surface area contributed by atoms with E-state index in [1.165, 1.54) is 0 Å². The van der Waals surface area contributed by atoms with Crippen LogP contribution in [0.2, 0.25) is 0 Å². The summed E-state index contributed by atoms with van der Waals surface area (Å²) in [6, 6.07) is 9.22. The molecule has 3 rings (SSSR count). The van der Waals surface area contributed by atoms with Crippen molar-refractivity contribution >= 4 is 16.8 Å². The first-order chi connectivity index (χ1) is 10.8. The van der Waals surface area contributed by atoms with Crippen LogP contribution in [0.1, 0.15) is 22.1 Å². The largest absolute Gasteiger partial charge is 0.387 e. The minimum absolute atomic E-state index is 0.166. The lowest BCUT2D eigenvalue weighted by molar-refractivity contribution is 0.0955. The zero-order chi connectivity index (χ0) is 15.4. The molecule has 3 aromatic rings. The van der Waals surface area contributed by atoms with E-state index in [4.69, 9.17) is 9.63 Å². The molecule has 0 fully saturated rings. The Hall–Kier alpha value is -2.80. The summed E-state index contributed by atoms with van der Waals surface area (Å²) in [6.45, 7) is 0.0769. The highest BCUT2D eigenvalue weighted by atomic mass is 16.5. The number of aromatic nitrogens is 3. The third-order valence-corrected chi connectivity index (χ3v) is 3.16. The summed E-state index contributed by atoms with van der Waals surface area (Å²) in [5, 5.41) is 16.3. The molecule has 2 heterocycles. The Morgan fingerprint density at radius 1 is 1.27 bits per heavy atom. The van der Waals surface area contributed by atoms with Crippen molar-refractivity contribution in [3.63, 3.8) is 0 Å². The zero-order valence-corrected chi connectivity index (χ0v) is 11.7. The van der Waals surface area contributed by atoms with Crippen LogP contribution in [0.15, 0.2) is 41.1 Å². The maximum atomic E-state index is 12.3. The SMILES string of the molecule is O=C(NCCc1noc(CO)n1)c1cccc2cccnc12. The van der Waals surface area contributed by atoms with Crippen LogP contribution >= 0.6 is 0 Å². The molecular weight excluding hydrogens is 284 g/mol. The first-order valence-corrected chi connectivity index (χ1v) is 6.82. The summed E-state index contributed by atoms with van der Waals surface area (Å²) in [5.41, 5.74) is 1.20. The van der Waals surface area contributed by atoms with Crippen LogP contribution in [0.25, 0.3) is 10.9 Å². The molecule has 2 N–H and O–H groups in total. The van der Waals surface area contributed by atoms with Crippen LogP contribution in [0, 0.1) is 0 Å². The van der Waals surface area contributed by atoms with Gasteiger partial charge in [-0.2, -0.15) is 4.98 Å². The lowest BCUT2D eigenvalue weighted by atomic mass is 10.1. The average molecular weight is 298 g/mol. The first-order valence-electron chi connectivity index (χ1n) is 6.82. The lowest BCUT2D eigenvalue weighted by Gasteiger charge is -2.06. The molecule has 0 atom stereocenters. The smallest absolute Gasteiger partial charge is 0.253 e. The zero-order valence-electron chi connectivity index (χ0n) is 11.7. The van der Waals surface area contributed by atoms with Gasteiger partial charge in [-0.1, -0.05) is 23.4 Å². The standard InChI is InChI=1S/C15H14N4O3/c20-9-13-18-12(19-22-13)6-8-17-15(21)11-5-1-3-10-4-2-7-16-14(10)11/h1-5,7,20H,6,8-9H2,(H,17,21). The highest BCUT2D eigenvalue weighted by Gasteiger charge is 2.11. The van der Waals surface area contributed by atoms with Crippen molar-refractivity contribution in [2.75, 3.05) is 6.54 Å². The van der Waals surface area contributed by atoms with Crippen molar-refractivity contribution in [2.45, 2.75) is 13.0 Å². The third-order valence-electron chi connectivity index (χ3n) is 3.16. The molecule has 0 saturated heterocycles. The second kappa shape index (κ2) is 6.31. The predicted molar refractivity (Wildman–Crippen MR) is 78.0 cm³/mol. The van der Waals surface area contributed by atoms with Crippen molar-refractivity contribution in [3.05, 3.63) is 53.8 Å². The van der Waals surface area contributed by atoms with E-state index in [0.717, 1.165) is 5.39 Å². The van der Waals surface area contributed by atoms with Crippen molar-refractivity contribution in [1.29, 1.82) is 0 Å². The normalized spacial score (nSPS) is 10.8. The van der Waals surface area contributed by atoms with E-state index in [0.29, 0.717) is 29.9 Å². The van der Waals surface area contributed by atoms with E-state index in [1.807, 2.05) is 24.3 Å². The second-order valence-corrected chi connectivity index (χ2v) is 4.65.